The fourth-order valence-corrected chi connectivity index (χ4v) is 16.9. The Morgan fingerprint density at radius 3 is 1.27 bits per heavy atom. The van der Waals surface area contributed by atoms with E-state index in [1.807, 2.05) is 144 Å². The van der Waals surface area contributed by atoms with Gasteiger partial charge in [0.15, 0.2) is 54.5 Å². The zero-order chi connectivity index (χ0) is 91.4. The summed E-state index contributed by atoms with van der Waals surface area (Å²) >= 11 is 10.8. The highest BCUT2D eigenvalue weighted by molar-refractivity contribution is 14.1. The molecule has 130 heavy (non-hydrogen) atoms. The van der Waals surface area contributed by atoms with E-state index < -0.39 is 32.3 Å². The van der Waals surface area contributed by atoms with Gasteiger partial charge in [0.2, 0.25) is 0 Å². The lowest BCUT2D eigenvalue weighted by molar-refractivity contribution is -0.0372. The number of alkyl halides is 1. The minimum Gasteiger partial charge on any atom is -0.405 e. The van der Waals surface area contributed by atoms with Gasteiger partial charge in [-0.25, -0.2) is 29.0 Å². The van der Waals surface area contributed by atoms with Crippen LogP contribution in [0.2, 0.25) is 0 Å². The van der Waals surface area contributed by atoms with Crippen molar-refractivity contribution in [3.63, 3.8) is 0 Å². The fourth-order valence-electron chi connectivity index (χ4n) is 15.3. The minimum atomic E-state index is -0.523. The molecule has 0 radical (unpaired) electrons. The molecular formula is C95H140B3Br2IN16O12S. The molecule has 0 saturated carbocycles. The van der Waals surface area contributed by atoms with Gasteiger partial charge in [0.05, 0.1) is 60.6 Å². The van der Waals surface area contributed by atoms with E-state index in [0.29, 0.717) is 57.4 Å². The van der Waals surface area contributed by atoms with Crippen molar-refractivity contribution in [2.75, 3.05) is 61.9 Å². The molecule has 35 heteroatoms. The van der Waals surface area contributed by atoms with Crippen LogP contribution in [0.5, 0.6) is 0 Å². The highest BCUT2D eigenvalue weighted by Gasteiger charge is 2.64. The zero-order valence-electron chi connectivity index (χ0n) is 76.9. The number of hydrogen-bond donors (Lipinski definition) is 2. The predicted octanol–water partition coefficient (Wildman–Crippen LogP) is 21.5. The summed E-state index contributed by atoms with van der Waals surface area (Å²) in [6.07, 6.45) is 36.2. The molecule has 8 saturated heterocycles. The summed E-state index contributed by atoms with van der Waals surface area (Å²) in [6.45, 7) is 41.7. The predicted molar refractivity (Wildman–Crippen MR) is 541 cm³/mol. The molecule has 3 atom stereocenters. The number of unbranched alkanes of at least 4 members (excludes halogenated alkanes) is 1. The maximum Gasteiger partial charge on any atom is 0.496 e. The number of nitrogens with zero attached hydrogens (tertiary/aromatic N) is 14. The number of nitrogen functional groups attached to an aromatic ring is 2. The SMILES string of the molecule is Brc1cncc(CN2CCCCC2)c1.C.C.C.CC1(C)OB(B2OC(C)(C)C(C)(C)O2)OC1(C)C.CC1(C)OB(c2cnc3c(c2)c(C=O)nn3C2CCCCO2)OC1(C)C.CCCC.CCI.Cc1ccc(-c2nccc(N)c2N)s1.O=Cc1nn(C2CCCCO2)c2ncc(-c3cncc(CN4CCCCC4)c3)cc12.O=Cc1nn(C2CCCCO2)c2ncc(Br)cc12. The van der Waals surface area contributed by atoms with Crippen LogP contribution in [-0.4, -0.2) is 193 Å². The number of aryl methyl sites for hydroxylation is 1. The van der Waals surface area contributed by atoms with Crippen molar-refractivity contribution >= 4 is 156 Å². The highest BCUT2D eigenvalue weighted by atomic mass is 127. The Kier molecular flexibility index (Phi) is 41.3. The highest BCUT2D eigenvalue weighted by Crippen LogP contribution is 2.44. The summed E-state index contributed by atoms with van der Waals surface area (Å²) in [7, 11) is -1.47. The third-order valence-electron chi connectivity index (χ3n) is 24.7. The summed E-state index contributed by atoms with van der Waals surface area (Å²) in [4.78, 5) is 68.0. The maximum absolute atomic E-state index is 11.7. The molecule has 18 rings (SSSR count). The molecule has 0 amide bonds. The van der Waals surface area contributed by atoms with Gasteiger partial charge in [-0.15, -0.1) is 11.3 Å². The first-order valence-corrected chi connectivity index (χ1v) is 48.8. The van der Waals surface area contributed by atoms with Gasteiger partial charge in [-0.3, -0.25) is 39.1 Å². The molecule has 28 nitrogen and oxygen atoms in total. The number of aldehydes is 3. The number of carbonyl (C=O) groups excluding carboxylic acids is 3. The first kappa shape index (κ1) is 108. The molecular weight excluding hydrogens is 1910 g/mol. The van der Waals surface area contributed by atoms with Crippen LogP contribution in [0, 0.1) is 6.92 Å². The van der Waals surface area contributed by atoms with Crippen LogP contribution in [0.25, 0.3) is 54.8 Å². The largest absolute Gasteiger partial charge is 0.496 e. The van der Waals surface area contributed by atoms with E-state index in [0.717, 1.165) is 163 Å². The number of hydrogen-bond acceptors (Lipinski definition) is 26. The van der Waals surface area contributed by atoms with Gasteiger partial charge in [0.1, 0.15) is 22.8 Å². The zero-order valence-corrected chi connectivity index (χ0v) is 83.0. The summed E-state index contributed by atoms with van der Waals surface area (Å²) in [6, 6.07) is 15.8. The first-order valence-electron chi connectivity index (χ1n) is 44.9. The smallest absolute Gasteiger partial charge is 0.405 e. The Hall–Kier alpha value is -6.94. The number of anilines is 2. The molecule has 708 valence electrons. The van der Waals surface area contributed by atoms with Crippen LogP contribution < -0.4 is 16.9 Å². The summed E-state index contributed by atoms with van der Waals surface area (Å²) in [5.74, 6) is 0. The van der Waals surface area contributed by atoms with Gasteiger partial charge in [0.25, 0.3) is 0 Å². The maximum atomic E-state index is 11.7. The Morgan fingerprint density at radius 1 is 0.469 bits per heavy atom. The van der Waals surface area contributed by atoms with Gasteiger partial charge in [0, 0.05) is 118 Å². The van der Waals surface area contributed by atoms with E-state index in [1.54, 1.807) is 50.0 Å². The molecule has 3 unspecified atom stereocenters. The number of nitrogens with two attached hydrogens (primary N) is 2. The number of halogens is 3. The van der Waals surface area contributed by atoms with Crippen LogP contribution in [-0.2, 0) is 55.2 Å². The Bertz CT molecular complexity index is 5160. The monoisotopic (exact) mass is 2050 g/mol. The second kappa shape index (κ2) is 49.5. The molecule has 8 aliphatic rings. The molecule has 18 heterocycles. The fraction of sp³-hybridized carbons (Fsp3) is 0.579. The Labute approximate surface area is 806 Å². The Morgan fingerprint density at radius 2 is 0.862 bits per heavy atom. The molecule has 0 aromatic carbocycles. The number of rotatable bonds is 15. The van der Waals surface area contributed by atoms with Gasteiger partial charge in [-0.2, -0.15) is 15.3 Å². The first-order chi connectivity index (χ1) is 60.7. The number of thiophene rings is 1. The molecule has 0 spiro atoms. The van der Waals surface area contributed by atoms with Crippen molar-refractivity contribution in [3.8, 4) is 21.7 Å². The summed E-state index contributed by atoms with van der Waals surface area (Å²) in [5, 5.41) is 15.5. The van der Waals surface area contributed by atoms with E-state index in [2.05, 4.69) is 149 Å². The molecule has 10 aromatic heterocycles. The van der Waals surface area contributed by atoms with E-state index in [-0.39, 0.29) is 63.4 Å². The molecule has 8 fully saturated rings. The van der Waals surface area contributed by atoms with Crippen molar-refractivity contribution in [2.45, 2.75) is 308 Å². The van der Waals surface area contributed by atoms with Crippen LogP contribution in [0.1, 0.15) is 301 Å². The van der Waals surface area contributed by atoms with Crippen molar-refractivity contribution in [1.82, 2.24) is 69.0 Å². The average Bonchev–Trinajstić information content (AvgIpc) is 1.58. The number of fused-ring (bicyclic) bond motifs is 3. The second-order valence-corrected chi connectivity index (χ2v) is 40.7. The molecule has 4 N–H and O–H groups in total. The standard InChI is InChI=1S/C23H27N5O2.C18H24BN3O4.C12H24B2O4.C12H12BrN3O2.C11H15BrN2.C10H11N3S.C4H10.C2H5I.3CH4/c29-16-21-20-11-19(14-25-23(20)28(26-21)22-6-2-5-9-30-22)18-10-17(12-24-13-18)15-27-7-3-1-4-8-27;1-17(2)18(3,4)26-19(25-17)12-9-13-14(11-23)21-22(16(13)20-10-12)15-7-5-6-8-24-15;1-9(2)10(3,4)16-13(15-9)14-17-11(5,6)12(7,8)18-14;13-8-5-9-10(7-17)15-16(12(9)14-6-8)11-3-1-2-4-18-11;12-11-6-10(7-13-8-11)9-14-4-2-1-3-5-14;1-6-2-3-8(14-6)10-9(12)7(11)4-5-13-10;1-3-4-2;1-2-3;;;/h10-14,16,22H,1-9,15H2;9-11,15H,5-8H2,1-4H3;1-8H3;5-7,11H,1-4H2;6-8H,1-5,9H2;2-5H,12H2,1H3,(H2,11,13);3-4H2,1-2H3;2H2,1H3;3*1H4. The van der Waals surface area contributed by atoms with Gasteiger partial charge in [-0.1, -0.05) is 91.3 Å². The number of likely N-dealkylation sites (tertiary alicyclic amines) is 2. The Balaban J connectivity index is 0.000000193. The second-order valence-electron chi connectivity index (χ2n) is 36.0. The van der Waals surface area contributed by atoms with E-state index in [1.165, 1.54) is 84.9 Å². The van der Waals surface area contributed by atoms with E-state index in [9.17, 15) is 14.4 Å². The molecule has 10 aromatic rings. The summed E-state index contributed by atoms with van der Waals surface area (Å²) < 4.78 is 61.8. The van der Waals surface area contributed by atoms with Crippen molar-refractivity contribution in [2.24, 2.45) is 0 Å². The van der Waals surface area contributed by atoms with Crippen LogP contribution in [0.4, 0.5) is 11.4 Å². The number of carbonyl (C=O) groups is 3. The lowest BCUT2D eigenvalue weighted by Crippen LogP contribution is -2.41. The van der Waals surface area contributed by atoms with Crippen molar-refractivity contribution in [1.29, 1.82) is 0 Å². The van der Waals surface area contributed by atoms with Crippen LogP contribution in [0.15, 0.2) is 107 Å². The summed E-state index contributed by atoms with van der Waals surface area (Å²) in [5.41, 5.74) is 19.7. The van der Waals surface area contributed by atoms with Gasteiger partial charge < -0.3 is 53.6 Å². The topological polar surface area (TPSA) is 324 Å². The molecule has 0 aliphatic carbocycles. The molecule has 0 bridgehead atoms. The number of ether oxygens (including phenoxy) is 3. The third-order valence-corrected chi connectivity index (χ3v) is 26.6. The van der Waals surface area contributed by atoms with Crippen molar-refractivity contribution < 1.29 is 56.5 Å². The lowest BCUT2D eigenvalue weighted by Gasteiger charge is -2.32. The van der Waals surface area contributed by atoms with E-state index in [4.69, 9.17) is 53.6 Å². The normalized spacial score (nSPS) is 20.4. The number of pyridine rings is 6. The van der Waals surface area contributed by atoms with Crippen LogP contribution in [0.3, 0.4) is 0 Å². The van der Waals surface area contributed by atoms with Crippen molar-refractivity contribution in [3.05, 3.63) is 140 Å². The van der Waals surface area contributed by atoms with E-state index >= 15 is 0 Å². The quantitative estimate of drug-likeness (QED) is 0.0417. The minimum absolute atomic E-state index is 0. The number of aromatic nitrogens is 12. The van der Waals surface area contributed by atoms with Gasteiger partial charge in [-0.05, 0) is 296 Å². The average molecular weight is 2050 g/mol. The third kappa shape index (κ3) is 27.7. The van der Waals surface area contributed by atoms with Gasteiger partial charge >= 0.3 is 21.1 Å². The van der Waals surface area contributed by atoms with Crippen LogP contribution >= 0.6 is 65.8 Å². The molecule has 8 aliphatic heterocycles. The lowest BCUT2D eigenvalue weighted by atomic mass is 9.49. The number of piperidine rings is 2.